The lowest BCUT2D eigenvalue weighted by molar-refractivity contribution is 0.141. The lowest BCUT2D eigenvalue weighted by Gasteiger charge is -2.33. The van der Waals surface area contributed by atoms with Crippen molar-refractivity contribution >= 4 is 38.1 Å². The molecule has 0 atom stereocenters. The molecule has 1 saturated heterocycles. The van der Waals surface area contributed by atoms with Gasteiger partial charge in [-0.3, -0.25) is 0 Å². The molecule has 0 bridgehead atoms. The number of fused-ring (bicyclic) bond motifs is 1. The van der Waals surface area contributed by atoms with Crippen LogP contribution in [0.5, 0.6) is 0 Å². The lowest BCUT2D eigenvalue weighted by atomic mass is 10.1. The van der Waals surface area contributed by atoms with Crippen LogP contribution in [0.1, 0.15) is 25.1 Å². The first kappa shape index (κ1) is 19.2. The van der Waals surface area contributed by atoms with Crippen LogP contribution in [0.3, 0.4) is 0 Å². The number of alkyl halides is 2. The van der Waals surface area contributed by atoms with Gasteiger partial charge in [0.25, 0.3) is 6.43 Å². The van der Waals surface area contributed by atoms with E-state index in [4.69, 9.17) is 0 Å². The average Bonchev–Trinajstić information content (AvgIpc) is 3.23. The highest BCUT2D eigenvalue weighted by Crippen LogP contribution is 2.29. The van der Waals surface area contributed by atoms with Gasteiger partial charge in [-0.15, -0.1) is 11.3 Å². The second kappa shape index (κ2) is 7.69. The molecule has 4 rings (SSSR count). The largest absolute Gasteiger partial charge is 0.356 e. The lowest BCUT2D eigenvalue weighted by Crippen LogP contribution is -2.44. The van der Waals surface area contributed by atoms with Crippen LogP contribution in [-0.2, 0) is 10.0 Å². The molecule has 3 heterocycles. The maximum atomic E-state index is 13.2. The number of halogens is 2. The van der Waals surface area contributed by atoms with Gasteiger partial charge >= 0.3 is 0 Å². The van der Waals surface area contributed by atoms with Crippen molar-refractivity contribution in [1.29, 1.82) is 0 Å². The first-order valence-corrected chi connectivity index (χ1v) is 11.2. The van der Waals surface area contributed by atoms with Gasteiger partial charge in [0.15, 0.2) is 5.82 Å². The molecule has 1 fully saturated rings. The van der Waals surface area contributed by atoms with E-state index in [-0.39, 0.29) is 6.04 Å². The van der Waals surface area contributed by atoms with Gasteiger partial charge in [0.1, 0.15) is 10.0 Å². The summed E-state index contributed by atoms with van der Waals surface area (Å²) in [7, 11) is -3.53. The van der Waals surface area contributed by atoms with Crippen molar-refractivity contribution < 1.29 is 17.2 Å². The van der Waals surface area contributed by atoms with E-state index < -0.39 is 22.3 Å². The van der Waals surface area contributed by atoms with Crippen LogP contribution in [0.25, 0.3) is 10.9 Å². The van der Waals surface area contributed by atoms with Gasteiger partial charge in [-0.25, -0.2) is 31.9 Å². The number of anilines is 1. The van der Waals surface area contributed by atoms with Crippen LogP contribution in [0.2, 0.25) is 0 Å². The number of thiophene rings is 1. The third-order valence-electron chi connectivity index (χ3n) is 4.67. The third-order valence-corrected chi connectivity index (χ3v) is 7.59. The number of rotatable bonds is 5. The Kier molecular flexibility index (Phi) is 5.26. The molecule has 1 N–H and O–H groups in total. The molecule has 0 unspecified atom stereocenters. The Hall–Kier alpha value is -2.17. The quantitative estimate of drug-likeness (QED) is 0.678. The normalized spacial score (nSPS) is 16.2. The monoisotopic (exact) mass is 424 g/mol. The summed E-state index contributed by atoms with van der Waals surface area (Å²) in [5.41, 5.74) is 0.475. The molecule has 3 aromatic rings. The highest BCUT2D eigenvalue weighted by Gasteiger charge is 2.27. The van der Waals surface area contributed by atoms with Crippen molar-refractivity contribution in [1.82, 2.24) is 14.7 Å². The molecular formula is C18H18F2N4O2S2. The number of piperidine rings is 1. The topological polar surface area (TPSA) is 75.2 Å². The van der Waals surface area contributed by atoms with E-state index in [9.17, 15) is 17.2 Å². The fourth-order valence-corrected chi connectivity index (χ4v) is 5.63. The molecule has 1 aliphatic heterocycles. The highest BCUT2D eigenvalue weighted by molar-refractivity contribution is 7.91. The standard InChI is InChI=1S/C18H18F2N4O2S2/c19-16(20)17-21-14-5-2-1-4-13(14)18(22-17)24-9-7-12(8-10-24)23-28(25,26)15-6-3-11-27-15/h1-6,11-12,16,23H,7-10H2. The summed E-state index contributed by atoms with van der Waals surface area (Å²) < 4.78 is 54.2. The predicted octanol–water partition coefficient (Wildman–Crippen LogP) is 3.58. The van der Waals surface area contributed by atoms with Crippen LogP contribution in [0, 0.1) is 0 Å². The van der Waals surface area contributed by atoms with Gasteiger partial charge < -0.3 is 4.90 Å². The molecular weight excluding hydrogens is 406 g/mol. The smallest absolute Gasteiger partial charge is 0.297 e. The van der Waals surface area contributed by atoms with Crippen LogP contribution >= 0.6 is 11.3 Å². The van der Waals surface area contributed by atoms with Crippen LogP contribution < -0.4 is 9.62 Å². The van der Waals surface area contributed by atoms with E-state index in [0.29, 0.717) is 46.9 Å². The molecule has 0 amide bonds. The Morgan fingerprint density at radius 1 is 1.11 bits per heavy atom. The molecule has 0 saturated carbocycles. The fourth-order valence-electron chi connectivity index (χ4n) is 3.32. The molecule has 10 heteroatoms. The number of nitrogens with one attached hydrogen (secondary N) is 1. The van der Waals surface area contributed by atoms with E-state index in [1.54, 1.807) is 29.6 Å². The summed E-state index contributed by atoms with van der Waals surface area (Å²) in [6.45, 7) is 1.03. The Morgan fingerprint density at radius 3 is 2.54 bits per heavy atom. The van der Waals surface area contributed by atoms with Crippen molar-refractivity contribution in [3.05, 3.63) is 47.6 Å². The average molecular weight is 424 g/mol. The third kappa shape index (κ3) is 3.85. The summed E-state index contributed by atoms with van der Waals surface area (Å²) in [5.74, 6) is -0.0188. The maximum absolute atomic E-state index is 13.2. The number of nitrogens with zero attached hydrogens (tertiary/aromatic N) is 3. The van der Waals surface area contributed by atoms with Gasteiger partial charge in [0.2, 0.25) is 10.0 Å². The first-order chi connectivity index (χ1) is 13.4. The molecule has 0 radical (unpaired) electrons. The van der Waals surface area contributed by atoms with Crippen LogP contribution in [0.4, 0.5) is 14.6 Å². The number of hydrogen-bond donors (Lipinski definition) is 1. The van der Waals surface area contributed by atoms with E-state index >= 15 is 0 Å². The summed E-state index contributed by atoms with van der Waals surface area (Å²) in [5, 5.41) is 2.43. The zero-order valence-electron chi connectivity index (χ0n) is 14.8. The zero-order chi connectivity index (χ0) is 19.7. The van der Waals surface area contributed by atoms with Gasteiger partial charge in [0, 0.05) is 24.5 Å². The summed E-state index contributed by atoms with van der Waals surface area (Å²) in [6, 6.07) is 10.1. The molecule has 1 aliphatic rings. The number of benzene rings is 1. The second-order valence-electron chi connectivity index (χ2n) is 6.54. The molecule has 2 aromatic heterocycles. The zero-order valence-corrected chi connectivity index (χ0v) is 16.4. The number of hydrogen-bond acceptors (Lipinski definition) is 6. The Labute approximate surface area is 165 Å². The molecule has 148 valence electrons. The minimum Gasteiger partial charge on any atom is -0.356 e. The Morgan fingerprint density at radius 2 is 1.86 bits per heavy atom. The molecule has 6 nitrogen and oxygen atoms in total. The maximum Gasteiger partial charge on any atom is 0.297 e. The predicted molar refractivity (Wildman–Crippen MR) is 104 cm³/mol. The fraction of sp³-hybridized carbons (Fsp3) is 0.333. The van der Waals surface area contributed by atoms with Gasteiger partial charge in [-0.2, -0.15) is 0 Å². The van der Waals surface area contributed by atoms with Gasteiger partial charge in [-0.1, -0.05) is 18.2 Å². The van der Waals surface area contributed by atoms with E-state index in [2.05, 4.69) is 14.7 Å². The molecule has 28 heavy (non-hydrogen) atoms. The first-order valence-electron chi connectivity index (χ1n) is 8.79. The van der Waals surface area contributed by atoms with Gasteiger partial charge in [0.05, 0.1) is 5.52 Å². The SMILES string of the molecule is O=S(=O)(NC1CCN(c2nc(C(F)F)nc3ccccc23)CC1)c1cccs1. The minimum atomic E-state index is -3.53. The van der Waals surface area contributed by atoms with Gasteiger partial charge in [-0.05, 0) is 36.4 Å². The molecule has 0 spiro atoms. The summed E-state index contributed by atoms with van der Waals surface area (Å²) in [6.07, 6.45) is -1.63. The second-order valence-corrected chi connectivity index (χ2v) is 9.43. The van der Waals surface area contributed by atoms with Crippen LogP contribution in [0.15, 0.2) is 46.0 Å². The van der Waals surface area contributed by atoms with E-state index in [0.717, 1.165) is 0 Å². The molecule has 1 aromatic carbocycles. The number of aromatic nitrogens is 2. The summed E-state index contributed by atoms with van der Waals surface area (Å²) in [4.78, 5) is 9.96. The van der Waals surface area contributed by atoms with Crippen molar-refractivity contribution in [3.63, 3.8) is 0 Å². The minimum absolute atomic E-state index is 0.203. The van der Waals surface area contributed by atoms with Crippen molar-refractivity contribution in [3.8, 4) is 0 Å². The van der Waals surface area contributed by atoms with E-state index in [1.807, 2.05) is 17.0 Å². The van der Waals surface area contributed by atoms with Crippen molar-refractivity contribution in [2.75, 3.05) is 18.0 Å². The summed E-state index contributed by atoms with van der Waals surface area (Å²) >= 11 is 1.17. The number of para-hydroxylation sites is 1. The molecule has 0 aliphatic carbocycles. The Bertz CT molecular complexity index is 1070. The highest BCUT2D eigenvalue weighted by atomic mass is 32.2. The van der Waals surface area contributed by atoms with Crippen molar-refractivity contribution in [2.24, 2.45) is 0 Å². The van der Waals surface area contributed by atoms with Crippen LogP contribution in [-0.4, -0.2) is 37.5 Å². The van der Waals surface area contributed by atoms with E-state index in [1.165, 1.54) is 11.3 Å². The Balaban J connectivity index is 1.53. The van der Waals surface area contributed by atoms with Crippen molar-refractivity contribution in [2.45, 2.75) is 29.5 Å². The number of sulfonamides is 1.